The second-order valence-corrected chi connectivity index (χ2v) is 8.47. The summed E-state index contributed by atoms with van der Waals surface area (Å²) >= 11 is 0. The molecule has 1 aromatic rings. The monoisotopic (exact) mass is 342 g/mol. The van der Waals surface area contributed by atoms with Crippen LogP contribution in [0.5, 0.6) is 0 Å². The molecule has 25 heavy (non-hydrogen) atoms. The first-order valence-corrected chi connectivity index (χ1v) is 11.4. The van der Waals surface area contributed by atoms with Gasteiger partial charge in [-0.15, -0.1) is 0 Å². The molecule has 0 spiro atoms. The number of hydrogen-bond donors (Lipinski definition) is 0. The summed E-state index contributed by atoms with van der Waals surface area (Å²) in [5.41, 5.74) is 3.14. The molecular weight excluding hydrogens is 300 g/mol. The second-order valence-electron chi connectivity index (χ2n) is 8.47. The third-order valence-electron chi connectivity index (χ3n) is 6.33. The van der Waals surface area contributed by atoms with Crippen LogP contribution in [0.4, 0.5) is 0 Å². The highest BCUT2D eigenvalue weighted by atomic mass is 14.3. The van der Waals surface area contributed by atoms with Gasteiger partial charge in [0.1, 0.15) is 0 Å². The molecule has 0 amide bonds. The predicted octanol–water partition coefficient (Wildman–Crippen LogP) is 8.44. The van der Waals surface area contributed by atoms with Gasteiger partial charge in [-0.3, -0.25) is 0 Å². The Bertz CT molecular complexity index is 422. The van der Waals surface area contributed by atoms with E-state index in [0.717, 1.165) is 11.8 Å². The fraction of sp³-hybridized carbons (Fsp3) is 0.760. The van der Waals surface area contributed by atoms with Crippen molar-refractivity contribution < 1.29 is 0 Å². The highest BCUT2D eigenvalue weighted by Gasteiger charge is 2.21. The van der Waals surface area contributed by atoms with Crippen LogP contribution in [0.2, 0.25) is 0 Å². The maximum atomic E-state index is 2.43. The van der Waals surface area contributed by atoms with Gasteiger partial charge in [-0.05, 0) is 61.5 Å². The minimum Gasteiger partial charge on any atom is -0.0654 e. The number of aryl methyl sites for hydroxylation is 1. The van der Waals surface area contributed by atoms with Crippen LogP contribution in [0.15, 0.2) is 24.3 Å². The molecule has 0 radical (unpaired) electrons. The highest BCUT2D eigenvalue weighted by Crippen LogP contribution is 2.37. The summed E-state index contributed by atoms with van der Waals surface area (Å²) in [5, 5.41) is 0. The van der Waals surface area contributed by atoms with E-state index in [0.29, 0.717) is 0 Å². The van der Waals surface area contributed by atoms with E-state index in [1.807, 2.05) is 0 Å². The molecule has 0 saturated heterocycles. The van der Waals surface area contributed by atoms with Crippen molar-refractivity contribution in [3.63, 3.8) is 0 Å². The summed E-state index contributed by atoms with van der Waals surface area (Å²) in [4.78, 5) is 0. The molecule has 0 nitrogen and oxygen atoms in total. The second kappa shape index (κ2) is 12.6. The van der Waals surface area contributed by atoms with Gasteiger partial charge in [0, 0.05) is 0 Å². The molecule has 1 fully saturated rings. The Kier molecular flexibility index (Phi) is 10.3. The number of unbranched alkanes of at least 4 members (excludes halogenated alkanes) is 7. The van der Waals surface area contributed by atoms with E-state index in [4.69, 9.17) is 0 Å². The van der Waals surface area contributed by atoms with Gasteiger partial charge in [-0.25, -0.2) is 0 Å². The van der Waals surface area contributed by atoms with E-state index in [1.54, 1.807) is 5.56 Å². The molecule has 2 rings (SSSR count). The van der Waals surface area contributed by atoms with Crippen molar-refractivity contribution in [1.82, 2.24) is 0 Å². The average Bonchev–Trinajstić information content (AvgIpc) is 2.66. The first kappa shape index (κ1) is 20.5. The van der Waals surface area contributed by atoms with Gasteiger partial charge in [0.2, 0.25) is 0 Å². The predicted molar refractivity (Wildman–Crippen MR) is 112 cm³/mol. The fourth-order valence-corrected chi connectivity index (χ4v) is 4.53. The molecule has 1 aliphatic carbocycles. The molecule has 0 aromatic heterocycles. The van der Waals surface area contributed by atoms with Crippen LogP contribution < -0.4 is 0 Å². The third kappa shape index (κ3) is 7.97. The third-order valence-corrected chi connectivity index (χ3v) is 6.33. The maximum absolute atomic E-state index is 2.43. The summed E-state index contributed by atoms with van der Waals surface area (Å²) in [6.07, 6.45) is 21.3. The minimum atomic E-state index is 0.838. The first-order valence-electron chi connectivity index (χ1n) is 11.4. The summed E-state index contributed by atoms with van der Waals surface area (Å²) in [6, 6.07) is 9.65. The van der Waals surface area contributed by atoms with Crippen LogP contribution in [-0.4, -0.2) is 0 Å². The lowest BCUT2D eigenvalue weighted by molar-refractivity contribution is 0.302. The van der Waals surface area contributed by atoms with Crippen molar-refractivity contribution in [1.29, 1.82) is 0 Å². The fourth-order valence-electron chi connectivity index (χ4n) is 4.53. The Morgan fingerprint density at radius 1 is 0.680 bits per heavy atom. The lowest BCUT2D eigenvalue weighted by atomic mass is 9.77. The molecule has 0 bridgehead atoms. The van der Waals surface area contributed by atoms with E-state index in [1.165, 1.54) is 102 Å². The van der Waals surface area contributed by atoms with Crippen molar-refractivity contribution in [2.45, 2.75) is 116 Å². The molecule has 0 aliphatic heterocycles. The lowest BCUT2D eigenvalue weighted by Crippen LogP contribution is -2.13. The van der Waals surface area contributed by atoms with Gasteiger partial charge in [0.15, 0.2) is 0 Å². The Balaban J connectivity index is 1.62. The zero-order valence-electron chi connectivity index (χ0n) is 17.1. The number of benzene rings is 1. The smallest absolute Gasteiger partial charge is 0.0162 e. The van der Waals surface area contributed by atoms with Crippen LogP contribution in [0.1, 0.15) is 121 Å². The minimum absolute atomic E-state index is 0.838. The average molecular weight is 343 g/mol. The maximum Gasteiger partial charge on any atom is -0.0162 e. The highest BCUT2D eigenvalue weighted by molar-refractivity contribution is 5.25. The summed E-state index contributed by atoms with van der Waals surface area (Å²) in [7, 11) is 0. The van der Waals surface area contributed by atoms with Crippen molar-refractivity contribution in [2.75, 3.05) is 0 Å². The molecule has 1 aromatic carbocycles. The molecule has 0 heterocycles. The van der Waals surface area contributed by atoms with Crippen molar-refractivity contribution in [3.05, 3.63) is 35.4 Å². The zero-order valence-corrected chi connectivity index (χ0v) is 17.1. The summed E-state index contributed by atoms with van der Waals surface area (Å²) < 4.78 is 0. The van der Waals surface area contributed by atoms with Crippen molar-refractivity contribution in [3.8, 4) is 0 Å². The zero-order chi connectivity index (χ0) is 17.7. The Labute approximate surface area is 157 Å². The van der Waals surface area contributed by atoms with E-state index in [9.17, 15) is 0 Å². The molecule has 142 valence electrons. The summed E-state index contributed by atoms with van der Waals surface area (Å²) in [5.74, 6) is 1.86. The quantitative estimate of drug-likeness (QED) is 0.334. The van der Waals surface area contributed by atoms with Gasteiger partial charge in [0.05, 0.1) is 0 Å². The van der Waals surface area contributed by atoms with E-state index in [2.05, 4.69) is 38.1 Å². The van der Waals surface area contributed by atoms with Crippen LogP contribution in [-0.2, 0) is 6.42 Å². The van der Waals surface area contributed by atoms with Crippen LogP contribution >= 0.6 is 0 Å². The van der Waals surface area contributed by atoms with Gasteiger partial charge in [-0.2, -0.15) is 0 Å². The molecule has 0 unspecified atom stereocenters. The van der Waals surface area contributed by atoms with E-state index in [-0.39, 0.29) is 0 Å². The SMILES string of the molecule is CCCCCCCCC1CCC(c2ccc(CCCCC)cc2)CC1. The topological polar surface area (TPSA) is 0 Å². The normalized spacial score (nSPS) is 20.7. The van der Waals surface area contributed by atoms with Crippen LogP contribution in [0.25, 0.3) is 0 Å². The van der Waals surface area contributed by atoms with Gasteiger partial charge < -0.3 is 0 Å². The molecule has 1 saturated carbocycles. The van der Waals surface area contributed by atoms with Crippen molar-refractivity contribution in [2.24, 2.45) is 5.92 Å². The number of rotatable bonds is 12. The van der Waals surface area contributed by atoms with Crippen LogP contribution in [0, 0.1) is 5.92 Å². The van der Waals surface area contributed by atoms with Gasteiger partial charge in [-0.1, -0.05) is 95.9 Å². The standard InChI is InChI=1S/C25H42/c1-3-5-7-8-9-11-13-23-16-20-25(21-17-23)24-18-14-22(15-19-24)12-10-6-4-2/h14-15,18-19,23,25H,3-13,16-17,20-21H2,1-2H3. The van der Waals surface area contributed by atoms with E-state index >= 15 is 0 Å². The molecule has 1 aliphatic rings. The van der Waals surface area contributed by atoms with Gasteiger partial charge >= 0.3 is 0 Å². The molecule has 0 heteroatoms. The first-order chi connectivity index (χ1) is 12.3. The van der Waals surface area contributed by atoms with Crippen molar-refractivity contribution >= 4 is 0 Å². The van der Waals surface area contributed by atoms with Gasteiger partial charge in [0.25, 0.3) is 0 Å². The molecular formula is C25H42. The van der Waals surface area contributed by atoms with Crippen LogP contribution in [0.3, 0.4) is 0 Å². The lowest BCUT2D eigenvalue weighted by Gasteiger charge is -2.29. The summed E-state index contributed by atoms with van der Waals surface area (Å²) in [6.45, 7) is 4.59. The Morgan fingerprint density at radius 3 is 1.96 bits per heavy atom. The Morgan fingerprint density at radius 2 is 1.28 bits per heavy atom. The molecule has 0 N–H and O–H groups in total. The Hall–Kier alpha value is -0.780. The number of hydrogen-bond acceptors (Lipinski definition) is 0. The van der Waals surface area contributed by atoms with E-state index < -0.39 is 0 Å². The molecule has 0 atom stereocenters. The largest absolute Gasteiger partial charge is 0.0654 e.